The van der Waals surface area contributed by atoms with Gasteiger partial charge < -0.3 is 15.4 Å². The molecule has 0 fully saturated rings. The number of rotatable bonds is 7. The van der Waals surface area contributed by atoms with Crippen LogP contribution in [-0.2, 0) is 0 Å². The third-order valence-electron chi connectivity index (χ3n) is 2.58. The number of amides is 1. The van der Waals surface area contributed by atoms with Gasteiger partial charge in [0.25, 0.3) is 5.91 Å². The minimum atomic E-state index is -0.288. The van der Waals surface area contributed by atoms with Gasteiger partial charge in [0.15, 0.2) is 0 Å². The van der Waals surface area contributed by atoms with E-state index in [1.807, 2.05) is 25.1 Å². The Morgan fingerprint density at radius 2 is 2.10 bits per heavy atom. The van der Waals surface area contributed by atoms with Gasteiger partial charge in [0, 0.05) is 6.54 Å². The van der Waals surface area contributed by atoms with E-state index in [0.717, 1.165) is 13.0 Å². The molecule has 1 aromatic carbocycles. The van der Waals surface area contributed by atoms with Crippen molar-refractivity contribution in [3.8, 4) is 5.75 Å². The number of hydrogen-bond donors (Lipinski definition) is 2. The number of nitrogens with one attached hydrogen (secondary N) is 2. The molecular weight excluding hydrogens is 288 g/mol. The molecule has 2 rings (SSSR count). The predicted octanol–water partition coefficient (Wildman–Crippen LogP) is 3.01. The molecule has 0 radical (unpaired) electrons. The largest absolute Gasteiger partial charge is 0.492 e. The Kier molecular flexibility index (Phi) is 5.51. The van der Waals surface area contributed by atoms with Gasteiger partial charge in [-0.05, 0) is 25.5 Å². The molecular formula is C14H18N4O2S. The maximum atomic E-state index is 12.2. The molecule has 1 heterocycles. The average Bonchev–Trinajstić information content (AvgIpc) is 2.96. The summed E-state index contributed by atoms with van der Waals surface area (Å²) in [4.78, 5) is 12.2. The number of carbonyl (C=O) groups excluding carboxylic acids is 1. The van der Waals surface area contributed by atoms with Gasteiger partial charge >= 0.3 is 0 Å². The Hall–Kier alpha value is -2.15. The summed E-state index contributed by atoms with van der Waals surface area (Å²) in [5.74, 6) is 0.353. The van der Waals surface area contributed by atoms with Crippen LogP contribution in [-0.4, -0.2) is 29.3 Å². The molecule has 2 N–H and O–H groups in total. The molecule has 1 amide bonds. The number of benzene rings is 1. The monoisotopic (exact) mass is 306 g/mol. The summed E-state index contributed by atoms with van der Waals surface area (Å²) >= 11 is 1.23. The first-order chi connectivity index (χ1) is 10.2. The van der Waals surface area contributed by atoms with Crippen LogP contribution >= 0.6 is 11.3 Å². The fraction of sp³-hybridized carbons (Fsp3) is 0.357. The van der Waals surface area contributed by atoms with Gasteiger partial charge in [-0.2, -0.15) is 0 Å². The zero-order chi connectivity index (χ0) is 15.1. The van der Waals surface area contributed by atoms with E-state index in [4.69, 9.17) is 4.74 Å². The fourth-order valence-corrected chi connectivity index (χ4v) is 2.31. The highest BCUT2D eigenvalue weighted by Crippen LogP contribution is 2.25. The topological polar surface area (TPSA) is 76.1 Å². The molecule has 0 saturated heterocycles. The standard InChI is InChI=1S/C14H18N4O2S/c1-3-9-15-14-18-17-13(21-14)12(19)16-10-7-5-6-8-11(10)20-4-2/h5-8H,3-4,9H2,1-2H3,(H,15,18)(H,16,19). The molecule has 21 heavy (non-hydrogen) atoms. The van der Waals surface area contributed by atoms with Crippen LogP contribution in [0.5, 0.6) is 5.75 Å². The van der Waals surface area contributed by atoms with E-state index in [2.05, 4.69) is 27.8 Å². The molecule has 0 atom stereocenters. The highest BCUT2D eigenvalue weighted by molar-refractivity contribution is 7.17. The predicted molar refractivity (Wildman–Crippen MR) is 84.3 cm³/mol. The lowest BCUT2D eigenvalue weighted by molar-refractivity contribution is 0.102. The van der Waals surface area contributed by atoms with Crippen LogP contribution in [0.2, 0.25) is 0 Å². The summed E-state index contributed by atoms with van der Waals surface area (Å²) in [6, 6.07) is 7.30. The van der Waals surface area contributed by atoms with Gasteiger partial charge in [0.2, 0.25) is 10.1 Å². The van der Waals surface area contributed by atoms with Crippen molar-refractivity contribution in [1.29, 1.82) is 0 Å². The Bertz CT molecular complexity index is 600. The Balaban J connectivity index is 2.05. The fourth-order valence-electron chi connectivity index (χ4n) is 1.65. The number of nitrogens with zero attached hydrogens (tertiary/aromatic N) is 2. The lowest BCUT2D eigenvalue weighted by Crippen LogP contribution is -2.12. The molecule has 0 aliphatic heterocycles. The smallest absolute Gasteiger partial charge is 0.286 e. The maximum Gasteiger partial charge on any atom is 0.286 e. The van der Waals surface area contributed by atoms with Crippen molar-refractivity contribution in [1.82, 2.24) is 10.2 Å². The third kappa shape index (κ3) is 4.16. The Labute approximate surface area is 127 Å². The number of aromatic nitrogens is 2. The number of hydrogen-bond acceptors (Lipinski definition) is 6. The highest BCUT2D eigenvalue weighted by Gasteiger charge is 2.14. The summed E-state index contributed by atoms with van der Waals surface area (Å²) in [5, 5.41) is 14.7. The van der Waals surface area contributed by atoms with E-state index in [0.29, 0.717) is 28.2 Å². The van der Waals surface area contributed by atoms with Crippen molar-refractivity contribution in [2.24, 2.45) is 0 Å². The van der Waals surface area contributed by atoms with Gasteiger partial charge in [0.05, 0.1) is 12.3 Å². The lowest BCUT2D eigenvalue weighted by atomic mass is 10.3. The van der Waals surface area contributed by atoms with E-state index in [1.54, 1.807) is 6.07 Å². The molecule has 0 aliphatic rings. The molecule has 7 heteroatoms. The Morgan fingerprint density at radius 1 is 1.29 bits per heavy atom. The van der Waals surface area contributed by atoms with Gasteiger partial charge in [-0.3, -0.25) is 4.79 Å². The van der Waals surface area contributed by atoms with Crippen molar-refractivity contribution >= 4 is 28.1 Å². The first-order valence-corrected chi connectivity index (χ1v) is 7.66. The van der Waals surface area contributed by atoms with Crippen LogP contribution in [0.25, 0.3) is 0 Å². The number of carbonyl (C=O) groups is 1. The quantitative estimate of drug-likeness (QED) is 0.822. The summed E-state index contributed by atoms with van der Waals surface area (Å²) in [7, 11) is 0. The second-order valence-corrected chi connectivity index (χ2v) is 5.20. The molecule has 0 unspecified atom stereocenters. The number of anilines is 2. The van der Waals surface area contributed by atoms with Crippen LogP contribution < -0.4 is 15.4 Å². The lowest BCUT2D eigenvalue weighted by Gasteiger charge is -2.09. The van der Waals surface area contributed by atoms with E-state index >= 15 is 0 Å². The third-order valence-corrected chi connectivity index (χ3v) is 3.46. The van der Waals surface area contributed by atoms with Crippen molar-refractivity contribution < 1.29 is 9.53 Å². The zero-order valence-electron chi connectivity index (χ0n) is 12.0. The van der Waals surface area contributed by atoms with Crippen LogP contribution in [0.1, 0.15) is 30.1 Å². The van der Waals surface area contributed by atoms with E-state index < -0.39 is 0 Å². The van der Waals surface area contributed by atoms with Gasteiger partial charge in [-0.25, -0.2) is 0 Å². The molecule has 0 aliphatic carbocycles. The average molecular weight is 306 g/mol. The summed E-state index contributed by atoms with van der Waals surface area (Å²) in [6.45, 7) is 5.31. The number of ether oxygens (including phenoxy) is 1. The van der Waals surface area contributed by atoms with E-state index in [1.165, 1.54) is 11.3 Å². The number of para-hydroxylation sites is 2. The minimum absolute atomic E-state index is 0.288. The highest BCUT2D eigenvalue weighted by atomic mass is 32.1. The van der Waals surface area contributed by atoms with Gasteiger partial charge in [-0.1, -0.05) is 30.4 Å². The molecule has 0 saturated carbocycles. The molecule has 2 aromatic rings. The summed E-state index contributed by atoms with van der Waals surface area (Å²) in [6.07, 6.45) is 0.989. The molecule has 112 valence electrons. The molecule has 6 nitrogen and oxygen atoms in total. The van der Waals surface area contributed by atoms with Crippen molar-refractivity contribution in [3.05, 3.63) is 29.3 Å². The first kappa shape index (κ1) is 15.2. The summed E-state index contributed by atoms with van der Waals surface area (Å²) in [5.41, 5.74) is 0.627. The van der Waals surface area contributed by atoms with Gasteiger partial charge in [0.1, 0.15) is 5.75 Å². The normalized spacial score (nSPS) is 10.2. The zero-order valence-corrected chi connectivity index (χ0v) is 12.9. The molecule has 0 spiro atoms. The first-order valence-electron chi connectivity index (χ1n) is 6.85. The minimum Gasteiger partial charge on any atom is -0.492 e. The molecule has 1 aromatic heterocycles. The second-order valence-electron chi connectivity index (χ2n) is 4.22. The van der Waals surface area contributed by atoms with Gasteiger partial charge in [-0.15, -0.1) is 10.2 Å². The SMILES string of the molecule is CCCNc1nnc(C(=O)Nc2ccccc2OCC)s1. The van der Waals surface area contributed by atoms with E-state index in [-0.39, 0.29) is 5.91 Å². The van der Waals surface area contributed by atoms with E-state index in [9.17, 15) is 4.79 Å². The maximum absolute atomic E-state index is 12.2. The van der Waals surface area contributed by atoms with Crippen LogP contribution in [0.15, 0.2) is 24.3 Å². The van der Waals surface area contributed by atoms with Crippen molar-refractivity contribution in [3.63, 3.8) is 0 Å². The van der Waals surface area contributed by atoms with Crippen LogP contribution in [0.4, 0.5) is 10.8 Å². The van der Waals surface area contributed by atoms with Crippen LogP contribution in [0, 0.1) is 0 Å². The van der Waals surface area contributed by atoms with Crippen molar-refractivity contribution in [2.75, 3.05) is 23.8 Å². The summed E-state index contributed by atoms with van der Waals surface area (Å²) < 4.78 is 5.47. The van der Waals surface area contributed by atoms with Crippen LogP contribution in [0.3, 0.4) is 0 Å². The second kappa shape index (κ2) is 7.58. The Morgan fingerprint density at radius 3 is 2.86 bits per heavy atom. The molecule has 0 bridgehead atoms. The van der Waals surface area contributed by atoms with Crippen molar-refractivity contribution in [2.45, 2.75) is 20.3 Å².